The van der Waals surface area contributed by atoms with E-state index in [-0.39, 0.29) is 5.69 Å². The zero-order valence-corrected chi connectivity index (χ0v) is 9.48. The summed E-state index contributed by atoms with van der Waals surface area (Å²) in [6.07, 6.45) is -5.01. The van der Waals surface area contributed by atoms with E-state index in [0.29, 0.717) is 0 Å². The number of aryl methyl sites for hydroxylation is 1. The lowest BCUT2D eigenvalue weighted by molar-refractivity contribution is -0.0620. The maximum absolute atomic E-state index is 11.5. The maximum atomic E-state index is 11.5. The Morgan fingerprint density at radius 1 is 1.39 bits per heavy atom. The summed E-state index contributed by atoms with van der Waals surface area (Å²) in [5.74, 6) is 0. The number of aromatic nitrogens is 3. The molecule has 1 saturated heterocycles. The first-order valence-corrected chi connectivity index (χ1v) is 5.28. The molecule has 0 saturated carbocycles. The first kappa shape index (κ1) is 12.9. The second-order valence-corrected chi connectivity index (χ2v) is 4.02. The lowest BCUT2D eigenvalue weighted by Crippen LogP contribution is -2.40. The van der Waals surface area contributed by atoms with Crippen LogP contribution in [0.3, 0.4) is 0 Å². The van der Waals surface area contributed by atoms with Gasteiger partial charge in [-0.25, -0.2) is 4.79 Å². The van der Waals surface area contributed by atoms with E-state index in [1.165, 1.54) is 6.92 Å². The van der Waals surface area contributed by atoms with E-state index in [0.717, 1.165) is 4.68 Å². The number of nitrogens with one attached hydrogen (secondary N) is 1. The van der Waals surface area contributed by atoms with E-state index in [9.17, 15) is 19.8 Å². The van der Waals surface area contributed by atoms with Crippen molar-refractivity contribution in [3.63, 3.8) is 0 Å². The van der Waals surface area contributed by atoms with Crippen molar-refractivity contribution in [1.29, 1.82) is 0 Å². The number of aliphatic hydroxyl groups is 3. The Hall–Kier alpha value is -1.55. The van der Waals surface area contributed by atoms with E-state index < -0.39 is 42.4 Å². The standard InChI is InChI=1S/C9H13N3O6/c1-3-7(16)10-9(17)12(11-3)8-6(15)5(14)4(2-13)18-8/h4-6,8,13-15H,2H2,1H3,(H,10,16,17)/t4-,5-,6-,8-/m1/s1. The number of H-pyrrole nitrogens is 1. The summed E-state index contributed by atoms with van der Waals surface area (Å²) in [5, 5.41) is 31.9. The van der Waals surface area contributed by atoms with Crippen LogP contribution in [0.5, 0.6) is 0 Å². The number of aliphatic hydroxyl groups excluding tert-OH is 3. The lowest BCUT2D eigenvalue weighted by atomic mass is 10.1. The van der Waals surface area contributed by atoms with Gasteiger partial charge < -0.3 is 20.1 Å². The molecule has 4 N–H and O–H groups in total. The smallest absolute Gasteiger partial charge is 0.347 e. The highest BCUT2D eigenvalue weighted by Crippen LogP contribution is 2.27. The van der Waals surface area contributed by atoms with Crippen LogP contribution >= 0.6 is 0 Å². The van der Waals surface area contributed by atoms with Crippen molar-refractivity contribution < 1.29 is 20.1 Å². The third-order valence-electron chi connectivity index (χ3n) is 2.77. The lowest BCUT2D eigenvalue weighted by Gasteiger charge is -2.15. The molecule has 9 nitrogen and oxygen atoms in total. The van der Waals surface area contributed by atoms with Crippen LogP contribution in [-0.2, 0) is 4.74 Å². The SMILES string of the molecule is Cc1nn([C@@H]2O[C@H](CO)[C@@H](O)[C@H]2O)c(=O)[nH]c1=O. The van der Waals surface area contributed by atoms with Crippen molar-refractivity contribution in [3.8, 4) is 0 Å². The Balaban J connectivity index is 2.42. The Bertz CT molecular complexity index is 552. The molecule has 4 atom stereocenters. The molecule has 1 fully saturated rings. The number of nitrogens with zero attached hydrogens (tertiary/aromatic N) is 2. The van der Waals surface area contributed by atoms with Gasteiger partial charge in [-0.15, -0.1) is 0 Å². The van der Waals surface area contributed by atoms with E-state index in [1.807, 2.05) is 4.98 Å². The van der Waals surface area contributed by atoms with Gasteiger partial charge in [0, 0.05) is 0 Å². The zero-order valence-electron chi connectivity index (χ0n) is 9.48. The number of ether oxygens (including phenoxy) is 1. The Labute approximate surface area is 100 Å². The Kier molecular flexibility index (Phi) is 3.30. The van der Waals surface area contributed by atoms with E-state index >= 15 is 0 Å². The molecule has 1 aliphatic rings. The molecule has 0 spiro atoms. The summed E-state index contributed by atoms with van der Waals surface area (Å²) >= 11 is 0. The van der Waals surface area contributed by atoms with Gasteiger partial charge in [-0.2, -0.15) is 9.78 Å². The predicted octanol–water partition coefficient (Wildman–Crippen LogP) is -3.15. The molecule has 0 aromatic carbocycles. The van der Waals surface area contributed by atoms with Gasteiger partial charge in [-0.1, -0.05) is 0 Å². The Morgan fingerprint density at radius 3 is 2.61 bits per heavy atom. The highest BCUT2D eigenvalue weighted by Gasteiger charge is 2.44. The normalized spacial score (nSPS) is 31.8. The van der Waals surface area contributed by atoms with E-state index in [4.69, 9.17) is 9.84 Å². The summed E-state index contributed by atoms with van der Waals surface area (Å²) in [5.41, 5.74) is -1.48. The van der Waals surface area contributed by atoms with Crippen molar-refractivity contribution >= 4 is 0 Å². The minimum atomic E-state index is -1.42. The van der Waals surface area contributed by atoms with Gasteiger partial charge in [0.1, 0.15) is 24.0 Å². The van der Waals surface area contributed by atoms with Gasteiger partial charge >= 0.3 is 5.69 Å². The number of hydrogen-bond donors (Lipinski definition) is 4. The molecule has 1 aliphatic heterocycles. The van der Waals surface area contributed by atoms with Crippen LogP contribution in [0.25, 0.3) is 0 Å². The summed E-state index contributed by atoms with van der Waals surface area (Å²) in [4.78, 5) is 24.7. The monoisotopic (exact) mass is 259 g/mol. The molecule has 100 valence electrons. The third kappa shape index (κ3) is 1.97. The van der Waals surface area contributed by atoms with Gasteiger partial charge in [0.25, 0.3) is 5.56 Å². The van der Waals surface area contributed by atoms with Crippen molar-refractivity contribution in [3.05, 3.63) is 26.5 Å². The number of hydrogen-bond acceptors (Lipinski definition) is 7. The Morgan fingerprint density at radius 2 is 2.06 bits per heavy atom. The maximum Gasteiger partial charge on any atom is 0.347 e. The van der Waals surface area contributed by atoms with Crippen molar-refractivity contribution in [2.45, 2.75) is 31.5 Å². The molecule has 18 heavy (non-hydrogen) atoms. The second kappa shape index (κ2) is 4.61. The summed E-state index contributed by atoms with van der Waals surface area (Å²) in [6.45, 7) is 0.877. The van der Waals surface area contributed by atoms with Crippen LogP contribution in [0.15, 0.2) is 9.59 Å². The molecule has 1 aromatic rings. The predicted molar refractivity (Wildman–Crippen MR) is 56.9 cm³/mol. The topological polar surface area (TPSA) is 138 Å². The molecule has 2 rings (SSSR count). The molecule has 0 bridgehead atoms. The molecule has 1 aromatic heterocycles. The van der Waals surface area contributed by atoms with Crippen LogP contribution < -0.4 is 11.2 Å². The molecule has 2 heterocycles. The summed E-state index contributed by atoms with van der Waals surface area (Å²) in [7, 11) is 0. The van der Waals surface area contributed by atoms with Crippen molar-refractivity contribution in [2.24, 2.45) is 0 Å². The fourth-order valence-electron chi connectivity index (χ4n) is 1.75. The largest absolute Gasteiger partial charge is 0.394 e. The van der Waals surface area contributed by atoms with Gasteiger partial charge in [0.05, 0.1) is 6.61 Å². The fraction of sp³-hybridized carbons (Fsp3) is 0.667. The highest BCUT2D eigenvalue weighted by molar-refractivity contribution is 4.92. The highest BCUT2D eigenvalue weighted by atomic mass is 16.6. The van der Waals surface area contributed by atoms with Crippen LogP contribution in [0.4, 0.5) is 0 Å². The molecular weight excluding hydrogens is 246 g/mol. The molecule has 0 radical (unpaired) electrons. The van der Waals surface area contributed by atoms with Crippen molar-refractivity contribution in [1.82, 2.24) is 14.8 Å². The van der Waals surface area contributed by atoms with Gasteiger partial charge in [-0.3, -0.25) is 9.78 Å². The van der Waals surface area contributed by atoms with Gasteiger partial charge in [-0.05, 0) is 6.92 Å². The quantitative estimate of drug-likeness (QED) is 0.440. The zero-order chi connectivity index (χ0) is 13.4. The first-order chi connectivity index (χ1) is 8.45. The van der Waals surface area contributed by atoms with Crippen LogP contribution in [-0.4, -0.2) is 55.0 Å². The molecule has 0 aliphatic carbocycles. The number of aromatic amines is 1. The van der Waals surface area contributed by atoms with E-state index in [2.05, 4.69) is 5.10 Å². The average molecular weight is 259 g/mol. The summed E-state index contributed by atoms with van der Waals surface area (Å²) in [6, 6.07) is 0. The molecule has 0 unspecified atom stereocenters. The van der Waals surface area contributed by atoms with Gasteiger partial charge in [0.15, 0.2) is 6.23 Å². The molecule has 9 heteroatoms. The average Bonchev–Trinajstić information content (AvgIpc) is 2.61. The van der Waals surface area contributed by atoms with Crippen LogP contribution in [0.1, 0.15) is 11.9 Å². The minimum absolute atomic E-state index is 0.0207. The number of rotatable bonds is 2. The molecular formula is C9H13N3O6. The van der Waals surface area contributed by atoms with Crippen molar-refractivity contribution in [2.75, 3.05) is 6.61 Å². The van der Waals surface area contributed by atoms with Crippen LogP contribution in [0.2, 0.25) is 0 Å². The second-order valence-electron chi connectivity index (χ2n) is 4.02. The van der Waals surface area contributed by atoms with Crippen LogP contribution in [0, 0.1) is 6.92 Å². The molecule has 0 amide bonds. The first-order valence-electron chi connectivity index (χ1n) is 5.28. The fourth-order valence-corrected chi connectivity index (χ4v) is 1.75. The van der Waals surface area contributed by atoms with Gasteiger partial charge in [0.2, 0.25) is 0 Å². The summed E-state index contributed by atoms with van der Waals surface area (Å²) < 4.78 is 5.86. The third-order valence-corrected chi connectivity index (χ3v) is 2.77. The minimum Gasteiger partial charge on any atom is -0.394 e. The van der Waals surface area contributed by atoms with E-state index in [1.54, 1.807) is 0 Å².